The summed E-state index contributed by atoms with van der Waals surface area (Å²) in [4.78, 5) is 31.0. The van der Waals surface area contributed by atoms with Crippen LogP contribution in [0.2, 0.25) is 0 Å². The normalized spacial score (nSPS) is 14.3. The minimum atomic E-state index is -0.232. The van der Waals surface area contributed by atoms with E-state index in [4.69, 9.17) is 0 Å². The maximum atomic E-state index is 13.2. The zero-order valence-electron chi connectivity index (χ0n) is 18.3. The summed E-state index contributed by atoms with van der Waals surface area (Å²) in [6.07, 6.45) is 6.87. The minimum Gasteiger partial charge on any atom is -0.353 e. The van der Waals surface area contributed by atoms with Gasteiger partial charge in [0.1, 0.15) is 6.54 Å². The first-order chi connectivity index (χ1) is 14.4. The highest BCUT2D eigenvalue weighted by atomic mass is 32.2. The van der Waals surface area contributed by atoms with Crippen LogP contribution in [0.15, 0.2) is 47.5 Å². The average Bonchev–Trinajstić information content (AvgIpc) is 3.51. The van der Waals surface area contributed by atoms with Crippen molar-refractivity contribution in [1.82, 2.24) is 14.4 Å². The first-order valence-electron chi connectivity index (χ1n) is 10.5. The quantitative estimate of drug-likeness (QED) is 0.595. The van der Waals surface area contributed by atoms with E-state index in [0.29, 0.717) is 6.54 Å². The van der Waals surface area contributed by atoms with Gasteiger partial charge >= 0.3 is 6.03 Å². The van der Waals surface area contributed by atoms with Gasteiger partial charge in [-0.25, -0.2) is 4.79 Å². The Morgan fingerprint density at radius 2 is 1.93 bits per heavy atom. The van der Waals surface area contributed by atoms with E-state index in [1.807, 2.05) is 79.2 Å². The third kappa shape index (κ3) is 5.59. The molecule has 30 heavy (non-hydrogen) atoms. The number of thioether (sulfide) groups is 1. The molecule has 1 saturated carbocycles. The lowest BCUT2D eigenvalue weighted by Gasteiger charge is -2.31. The van der Waals surface area contributed by atoms with E-state index in [2.05, 4.69) is 5.32 Å². The number of rotatable bonds is 9. The molecule has 0 bridgehead atoms. The Hall–Kier alpha value is -2.41. The third-order valence-electron chi connectivity index (χ3n) is 5.72. The van der Waals surface area contributed by atoms with Crippen molar-refractivity contribution in [1.29, 1.82) is 0 Å². The highest BCUT2D eigenvalue weighted by Crippen LogP contribution is 2.29. The highest BCUT2D eigenvalue weighted by molar-refractivity contribution is 7.98. The van der Waals surface area contributed by atoms with E-state index in [0.717, 1.165) is 35.5 Å². The predicted octanol–water partition coefficient (Wildman–Crippen LogP) is 4.57. The van der Waals surface area contributed by atoms with Gasteiger partial charge in [-0.15, -0.1) is 11.8 Å². The topological polar surface area (TPSA) is 57.6 Å². The van der Waals surface area contributed by atoms with Crippen LogP contribution < -0.4 is 5.32 Å². The van der Waals surface area contributed by atoms with Gasteiger partial charge in [-0.1, -0.05) is 6.92 Å². The monoisotopic (exact) mass is 428 g/mol. The molecule has 1 N–H and O–H groups in total. The lowest BCUT2D eigenvalue weighted by Crippen LogP contribution is -2.48. The molecule has 1 aliphatic carbocycles. The van der Waals surface area contributed by atoms with E-state index < -0.39 is 0 Å². The summed E-state index contributed by atoms with van der Waals surface area (Å²) < 4.78 is 2.04. The van der Waals surface area contributed by atoms with Gasteiger partial charge in [-0.05, 0) is 68.8 Å². The molecule has 0 radical (unpaired) electrons. The van der Waals surface area contributed by atoms with E-state index in [1.54, 1.807) is 16.7 Å². The smallest absolute Gasteiger partial charge is 0.322 e. The van der Waals surface area contributed by atoms with Crippen molar-refractivity contribution in [3.05, 3.63) is 48.3 Å². The number of hydrogen-bond donors (Lipinski definition) is 1. The lowest BCUT2D eigenvalue weighted by molar-refractivity contribution is -0.133. The van der Waals surface area contributed by atoms with Gasteiger partial charge in [-0.3, -0.25) is 4.79 Å². The summed E-state index contributed by atoms with van der Waals surface area (Å²) >= 11 is 1.66. The predicted molar refractivity (Wildman–Crippen MR) is 123 cm³/mol. The molecule has 3 amide bonds. The second-order valence-corrected chi connectivity index (χ2v) is 8.79. The van der Waals surface area contributed by atoms with Crippen LogP contribution in [0.25, 0.3) is 0 Å². The van der Waals surface area contributed by atoms with E-state index in [1.165, 1.54) is 0 Å². The number of nitrogens with one attached hydrogen (secondary N) is 1. The molecule has 162 valence electrons. The maximum Gasteiger partial charge on any atom is 0.322 e. The Balaban J connectivity index is 1.69. The van der Waals surface area contributed by atoms with Crippen molar-refractivity contribution in [3.8, 4) is 0 Å². The standard InChI is InChI=1S/C23H32N4O2S/c1-5-17(2)26(23(29)24-18-8-12-21(30-4)13-9-18)16-22(28)27(19-10-11-19)15-20-7-6-14-25(20)3/h6-9,12-14,17,19H,5,10-11,15-16H2,1-4H3,(H,24,29)/t17-/m1/s1. The number of carbonyl (C=O) groups is 2. The van der Waals surface area contributed by atoms with Gasteiger partial charge in [0, 0.05) is 41.6 Å². The summed E-state index contributed by atoms with van der Waals surface area (Å²) in [5.41, 5.74) is 1.84. The number of aromatic nitrogens is 1. The molecule has 3 rings (SSSR count). The average molecular weight is 429 g/mol. The van der Waals surface area contributed by atoms with Crippen LogP contribution in [0.4, 0.5) is 10.5 Å². The Kier molecular flexibility index (Phi) is 7.48. The number of benzene rings is 1. The molecule has 0 saturated heterocycles. The van der Waals surface area contributed by atoms with Gasteiger partial charge in [0.2, 0.25) is 5.91 Å². The highest BCUT2D eigenvalue weighted by Gasteiger charge is 2.34. The van der Waals surface area contributed by atoms with Crippen molar-refractivity contribution in [2.24, 2.45) is 7.05 Å². The summed E-state index contributed by atoms with van der Waals surface area (Å²) in [5, 5.41) is 2.96. The fourth-order valence-electron chi connectivity index (χ4n) is 3.40. The summed E-state index contributed by atoms with van der Waals surface area (Å²) in [5.74, 6) is 0.00637. The molecular formula is C23H32N4O2S. The second kappa shape index (κ2) is 10.1. The van der Waals surface area contributed by atoms with Crippen molar-refractivity contribution in [2.75, 3.05) is 18.1 Å². The van der Waals surface area contributed by atoms with Crippen LogP contribution >= 0.6 is 11.8 Å². The van der Waals surface area contributed by atoms with Crippen LogP contribution in [0.5, 0.6) is 0 Å². The van der Waals surface area contributed by atoms with Crippen molar-refractivity contribution >= 4 is 29.4 Å². The van der Waals surface area contributed by atoms with E-state index in [-0.39, 0.29) is 30.6 Å². The van der Waals surface area contributed by atoms with Crippen molar-refractivity contribution in [3.63, 3.8) is 0 Å². The van der Waals surface area contributed by atoms with Gasteiger partial charge in [0.25, 0.3) is 0 Å². The third-order valence-corrected chi connectivity index (χ3v) is 6.47. The fraction of sp³-hybridized carbons (Fsp3) is 0.478. The Morgan fingerprint density at radius 3 is 2.47 bits per heavy atom. The van der Waals surface area contributed by atoms with Crippen molar-refractivity contribution in [2.45, 2.75) is 56.6 Å². The SMILES string of the molecule is CC[C@@H](C)N(CC(=O)N(Cc1cccn1C)C1CC1)C(=O)Nc1ccc(SC)cc1. The first-order valence-corrected chi connectivity index (χ1v) is 11.8. The van der Waals surface area contributed by atoms with Crippen LogP contribution in [0.3, 0.4) is 0 Å². The summed E-state index contributed by atoms with van der Waals surface area (Å²) in [6.45, 7) is 4.69. The van der Waals surface area contributed by atoms with Crippen molar-refractivity contribution < 1.29 is 9.59 Å². The Bertz CT molecular complexity index is 860. The Labute approximate surface area is 183 Å². The van der Waals surface area contributed by atoms with Gasteiger partial charge in [-0.2, -0.15) is 0 Å². The molecule has 1 aromatic carbocycles. The number of anilines is 1. The molecule has 1 aliphatic rings. The van der Waals surface area contributed by atoms with Gasteiger partial charge in [0.05, 0.1) is 6.54 Å². The molecule has 1 heterocycles. The largest absolute Gasteiger partial charge is 0.353 e. The van der Waals surface area contributed by atoms with Gasteiger partial charge < -0.3 is 19.7 Å². The van der Waals surface area contributed by atoms with Crippen LogP contribution in [0, 0.1) is 0 Å². The number of urea groups is 1. The minimum absolute atomic E-state index is 0.00637. The molecule has 0 unspecified atom stereocenters. The summed E-state index contributed by atoms with van der Waals surface area (Å²) in [6, 6.07) is 11.8. The maximum absolute atomic E-state index is 13.2. The van der Waals surface area contributed by atoms with Gasteiger partial charge in [0.15, 0.2) is 0 Å². The molecule has 1 aromatic heterocycles. The zero-order valence-corrected chi connectivity index (χ0v) is 19.1. The molecule has 7 heteroatoms. The lowest BCUT2D eigenvalue weighted by atomic mass is 10.2. The number of nitrogens with zero attached hydrogens (tertiary/aromatic N) is 3. The van der Waals surface area contributed by atoms with E-state index >= 15 is 0 Å². The first kappa shape index (κ1) is 22.3. The van der Waals surface area contributed by atoms with E-state index in [9.17, 15) is 9.59 Å². The molecule has 0 aliphatic heterocycles. The second-order valence-electron chi connectivity index (χ2n) is 7.91. The van der Waals surface area contributed by atoms with Crippen LogP contribution in [-0.4, -0.2) is 51.2 Å². The molecular weight excluding hydrogens is 396 g/mol. The number of hydrogen-bond acceptors (Lipinski definition) is 3. The number of aryl methyl sites for hydroxylation is 1. The Morgan fingerprint density at radius 1 is 1.23 bits per heavy atom. The molecule has 2 aromatic rings. The molecule has 0 spiro atoms. The number of carbonyl (C=O) groups excluding carboxylic acids is 2. The summed E-state index contributed by atoms with van der Waals surface area (Å²) in [7, 11) is 1.99. The number of amides is 3. The molecule has 1 atom stereocenters. The van der Waals surface area contributed by atoms with Crippen LogP contribution in [-0.2, 0) is 18.4 Å². The zero-order chi connectivity index (χ0) is 21.7. The van der Waals surface area contributed by atoms with Crippen LogP contribution in [0.1, 0.15) is 38.8 Å². The molecule has 1 fully saturated rings. The molecule has 6 nitrogen and oxygen atoms in total. The fourth-order valence-corrected chi connectivity index (χ4v) is 3.81.